The highest BCUT2D eigenvalue weighted by Gasteiger charge is 2.19. The van der Waals surface area contributed by atoms with Crippen LogP contribution in [-0.2, 0) is 0 Å². The predicted octanol–water partition coefficient (Wildman–Crippen LogP) is 15.2. The molecule has 0 bridgehead atoms. The summed E-state index contributed by atoms with van der Waals surface area (Å²) in [6.07, 6.45) is 7.70. The number of benzene rings is 8. The highest BCUT2D eigenvalue weighted by molar-refractivity contribution is 6.15. The Morgan fingerprint density at radius 3 is 1.69 bits per heavy atom. The Hall–Kier alpha value is -8.21. The van der Waals surface area contributed by atoms with Gasteiger partial charge in [0, 0.05) is 56.5 Å². The van der Waals surface area contributed by atoms with E-state index in [1.807, 2.05) is 49.5 Å². The molecule has 10 aromatic rings. The van der Waals surface area contributed by atoms with Gasteiger partial charge in [-0.05, 0) is 125 Å². The van der Waals surface area contributed by atoms with E-state index in [2.05, 4.69) is 209 Å². The van der Waals surface area contributed by atoms with E-state index < -0.39 is 0 Å². The molecule has 0 saturated heterocycles. The Morgan fingerprint density at radius 1 is 0.500 bits per heavy atom. The van der Waals surface area contributed by atoms with E-state index in [0.717, 1.165) is 62.0 Å². The lowest BCUT2D eigenvalue weighted by Crippen LogP contribution is -2.10. The summed E-state index contributed by atoms with van der Waals surface area (Å²) in [5, 5.41) is 2.47. The Bertz CT molecular complexity index is 3180. The molecular weight excluding hydrogens is 753 g/mol. The first-order chi connectivity index (χ1) is 30.6. The van der Waals surface area contributed by atoms with Crippen LogP contribution in [0.1, 0.15) is 12.5 Å². The maximum absolute atomic E-state index is 6.41. The van der Waals surface area contributed by atoms with Gasteiger partial charge in [-0.25, -0.2) is 0 Å². The van der Waals surface area contributed by atoms with Gasteiger partial charge in [0.15, 0.2) is 0 Å². The van der Waals surface area contributed by atoms with E-state index >= 15 is 0 Å². The van der Waals surface area contributed by atoms with Crippen LogP contribution in [0.2, 0.25) is 0 Å². The number of hydrogen-bond donors (Lipinski definition) is 1. The van der Waals surface area contributed by atoms with Crippen molar-refractivity contribution < 1.29 is 0 Å². The van der Waals surface area contributed by atoms with E-state index in [-0.39, 0.29) is 0 Å². The summed E-state index contributed by atoms with van der Waals surface area (Å²) in [5.41, 5.74) is 23.8. The van der Waals surface area contributed by atoms with Crippen LogP contribution in [0.4, 0.5) is 17.1 Å². The lowest BCUT2D eigenvalue weighted by molar-refractivity contribution is 1.18. The van der Waals surface area contributed by atoms with Crippen molar-refractivity contribution in [3.63, 3.8) is 0 Å². The van der Waals surface area contributed by atoms with Crippen LogP contribution in [0.3, 0.4) is 0 Å². The molecule has 296 valence electrons. The van der Waals surface area contributed by atoms with E-state index in [1.54, 1.807) is 0 Å². The average Bonchev–Trinajstić information content (AvgIpc) is 3.69. The molecule has 0 spiro atoms. The Labute approximate surface area is 362 Å². The second-order valence-electron chi connectivity index (χ2n) is 15.4. The largest absolute Gasteiger partial charge is 0.398 e. The lowest BCUT2D eigenvalue weighted by atomic mass is 9.94. The molecule has 10 rings (SSSR count). The van der Waals surface area contributed by atoms with Crippen LogP contribution >= 0.6 is 0 Å². The summed E-state index contributed by atoms with van der Waals surface area (Å²) >= 11 is 0. The third kappa shape index (κ3) is 7.35. The van der Waals surface area contributed by atoms with Gasteiger partial charge in [0.25, 0.3) is 0 Å². The van der Waals surface area contributed by atoms with Crippen molar-refractivity contribution in [3.05, 3.63) is 242 Å². The molecule has 4 heteroatoms. The van der Waals surface area contributed by atoms with Crippen molar-refractivity contribution in [2.45, 2.75) is 6.92 Å². The van der Waals surface area contributed by atoms with Gasteiger partial charge in [-0.2, -0.15) is 0 Å². The zero-order valence-corrected chi connectivity index (χ0v) is 34.4. The van der Waals surface area contributed by atoms with Crippen LogP contribution in [0, 0.1) is 0 Å². The number of para-hydroxylation sites is 2. The maximum atomic E-state index is 6.41. The van der Waals surface area contributed by atoms with Gasteiger partial charge in [0.2, 0.25) is 0 Å². The number of hydrogen-bond acceptors (Lipinski definition) is 3. The number of allylic oxidation sites excluding steroid dienone is 3. The Morgan fingerprint density at radius 2 is 1.05 bits per heavy atom. The lowest BCUT2D eigenvalue weighted by Gasteiger charge is -2.26. The van der Waals surface area contributed by atoms with Crippen molar-refractivity contribution in [1.29, 1.82) is 0 Å². The molecule has 0 fully saturated rings. The molecule has 0 aliphatic rings. The fraction of sp³-hybridized carbons (Fsp3) is 0.0172. The first-order valence-electron chi connectivity index (χ1n) is 21.0. The zero-order valence-electron chi connectivity index (χ0n) is 34.4. The summed E-state index contributed by atoms with van der Waals surface area (Å²) in [7, 11) is 0. The van der Waals surface area contributed by atoms with Gasteiger partial charge in [-0.3, -0.25) is 4.98 Å². The third-order valence-electron chi connectivity index (χ3n) is 11.6. The molecule has 4 nitrogen and oxygen atoms in total. The fourth-order valence-electron chi connectivity index (χ4n) is 8.47. The van der Waals surface area contributed by atoms with Crippen LogP contribution in [0.5, 0.6) is 0 Å². The van der Waals surface area contributed by atoms with Crippen molar-refractivity contribution in [2.75, 3.05) is 4.90 Å². The second-order valence-corrected chi connectivity index (χ2v) is 15.4. The molecular formula is C58H44N4. The van der Waals surface area contributed by atoms with Crippen molar-refractivity contribution in [2.24, 2.45) is 5.73 Å². The van der Waals surface area contributed by atoms with E-state index in [1.165, 1.54) is 38.5 Å². The van der Waals surface area contributed by atoms with Gasteiger partial charge in [0.1, 0.15) is 0 Å². The highest BCUT2D eigenvalue weighted by Crippen LogP contribution is 2.42. The number of nitrogens with zero attached hydrogens (tertiary/aromatic N) is 3. The topological polar surface area (TPSA) is 47.1 Å². The van der Waals surface area contributed by atoms with E-state index in [4.69, 9.17) is 5.73 Å². The minimum absolute atomic E-state index is 0.725. The number of rotatable bonds is 10. The first-order valence-corrected chi connectivity index (χ1v) is 21.0. The number of fused-ring (bicyclic) bond motifs is 3. The summed E-state index contributed by atoms with van der Waals surface area (Å²) < 4.78 is 2.42. The van der Waals surface area contributed by atoms with Crippen molar-refractivity contribution in [3.8, 4) is 50.3 Å². The average molecular weight is 797 g/mol. The van der Waals surface area contributed by atoms with Crippen molar-refractivity contribution in [1.82, 2.24) is 9.55 Å². The quantitative estimate of drug-likeness (QED) is 0.140. The van der Waals surface area contributed by atoms with Gasteiger partial charge < -0.3 is 15.2 Å². The van der Waals surface area contributed by atoms with Crippen LogP contribution in [-0.4, -0.2) is 9.55 Å². The summed E-state index contributed by atoms with van der Waals surface area (Å²) in [4.78, 5) is 6.85. The first kappa shape index (κ1) is 38.0. The molecule has 0 unspecified atom stereocenters. The van der Waals surface area contributed by atoms with Crippen LogP contribution < -0.4 is 10.6 Å². The normalized spacial score (nSPS) is 11.7. The zero-order chi connectivity index (χ0) is 41.8. The summed E-state index contributed by atoms with van der Waals surface area (Å²) in [5.74, 6) is 0. The number of anilines is 3. The minimum Gasteiger partial charge on any atom is -0.398 e. The molecule has 0 saturated carbocycles. The Balaban J connectivity index is 1.03. The molecule has 2 heterocycles. The predicted molar refractivity (Wildman–Crippen MR) is 262 cm³/mol. The molecule has 2 N–H and O–H groups in total. The maximum Gasteiger partial charge on any atom is 0.0701 e. The fourth-order valence-corrected chi connectivity index (χ4v) is 8.47. The molecule has 2 aromatic heterocycles. The molecule has 0 radical (unpaired) electrons. The molecule has 0 aliphatic carbocycles. The second kappa shape index (κ2) is 16.8. The standard InChI is InChI=1S/C58H44N4/c1-2-3-19-55(59)45-28-34-50(35-29-45)61(51-36-30-46(31-37-51)56-20-12-13-38-60-56)49-32-26-43(27-33-49)42-22-24-44(25-23-42)53-39-47(41-14-6-4-7-15-41)40-54-52-18-10-11-21-57(52)62(58(53)54)48-16-8-5-9-17-48/h2-40H,59H2,1H3/b3-2-,55-19-. The molecule has 0 amide bonds. The Kier molecular flexibility index (Phi) is 10.3. The summed E-state index contributed by atoms with van der Waals surface area (Å²) in [6.45, 7) is 1.99. The van der Waals surface area contributed by atoms with Gasteiger partial charge in [-0.15, -0.1) is 0 Å². The molecule has 0 aliphatic heterocycles. The summed E-state index contributed by atoms with van der Waals surface area (Å²) in [6, 6.07) is 75.7. The number of pyridine rings is 1. The van der Waals surface area contributed by atoms with E-state index in [0.29, 0.717) is 0 Å². The third-order valence-corrected chi connectivity index (χ3v) is 11.6. The van der Waals surface area contributed by atoms with Crippen LogP contribution in [0.15, 0.2) is 237 Å². The van der Waals surface area contributed by atoms with Gasteiger partial charge >= 0.3 is 0 Å². The number of aromatic nitrogens is 2. The van der Waals surface area contributed by atoms with Crippen molar-refractivity contribution >= 4 is 44.6 Å². The monoisotopic (exact) mass is 796 g/mol. The molecule has 62 heavy (non-hydrogen) atoms. The van der Waals surface area contributed by atoms with E-state index in [9.17, 15) is 0 Å². The van der Waals surface area contributed by atoms with Gasteiger partial charge in [0.05, 0.1) is 16.7 Å². The SMILES string of the molecule is C/C=C\C=C(/N)c1ccc(N(c2ccc(-c3ccc(-c4cc(-c5ccccc5)cc5c6ccccc6n(-c6ccccc6)c45)cc3)cc2)c2ccc(-c3ccccn3)cc2)cc1. The molecule has 8 aromatic carbocycles. The smallest absolute Gasteiger partial charge is 0.0701 e. The highest BCUT2D eigenvalue weighted by atomic mass is 15.1. The molecule has 0 atom stereocenters. The minimum atomic E-state index is 0.725. The number of nitrogens with two attached hydrogens (primary N) is 1. The van der Waals surface area contributed by atoms with Gasteiger partial charge in [-0.1, -0.05) is 146 Å². The van der Waals surface area contributed by atoms with Crippen LogP contribution in [0.25, 0.3) is 77.8 Å².